The summed E-state index contributed by atoms with van der Waals surface area (Å²) < 4.78 is 5.42. The van der Waals surface area contributed by atoms with Gasteiger partial charge in [-0.2, -0.15) is 0 Å². The monoisotopic (exact) mass is 204 g/mol. The largest absolute Gasteiger partial charge is 0.478 e. The lowest BCUT2D eigenvalue weighted by molar-refractivity contribution is 0.333. The van der Waals surface area contributed by atoms with Crippen molar-refractivity contribution in [2.24, 2.45) is 5.73 Å². The quantitative estimate of drug-likeness (QED) is 0.751. The molecule has 0 radical (unpaired) electrons. The summed E-state index contributed by atoms with van der Waals surface area (Å²) >= 11 is 0. The Labute approximate surface area is 89.2 Å². The Morgan fingerprint density at radius 2 is 2.27 bits per heavy atom. The number of nitrogens with one attached hydrogen (secondary N) is 1. The molecule has 2 rings (SSSR count). The van der Waals surface area contributed by atoms with Crippen molar-refractivity contribution in [3.05, 3.63) is 30.0 Å². The van der Waals surface area contributed by atoms with Crippen molar-refractivity contribution in [2.45, 2.75) is 19.8 Å². The van der Waals surface area contributed by atoms with E-state index in [9.17, 15) is 0 Å². The van der Waals surface area contributed by atoms with Crippen LogP contribution in [0.3, 0.4) is 0 Å². The van der Waals surface area contributed by atoms with Gasteiger partial charge in [0.2, 0.25) is 0 Å². The van der Waals surface area contributed by atoms with E-state index in [-0.39, 0.29) is 6.73 Å². The minimum atomic E-state index is 0.218. The van der Waals surface area contributed by atoms with Crippen molar-refractivity contribution in [3.63, 3.8) is 0 Å². The molecule has 2 aromatic rings. The maximum absolute atomic E-state index is 5.42. The van der Waals surface area contributed by atoms with Crippen LogP contribution in [0.25, 0.3) is 10.9 Å². The molecule has 0 fully saturated rings. The first-order valence-corrected chi connectivity index (χ1v) is 5.28. The smallest absolute Gasteiger partial charge is 0.137 e. The van der Waals surface area contributed by atoms with Crippen molar-refractivity contribution in [1.29, 1.82) is 0 Å². The number of H-pyrrole nitrogens is 1. The van der Waals surface area contributed by atoms with Crippen molar-refractivity contribution in [2.75, 3.05) is 6.73 Å². The average Bonchev–Trinajstić information content (AvgIpc) is 2.64. The highest BCUT2D eigenvalue weighted by Crippen LogP contribution is 2.29. The minimum absolute atomic E-state index is 0.218. The van der Waals surface area contributed by atoms with E-state index in [1.54, 1.807) is 0 Å². The van der Waals surface area contributed by atoms with Crippen LogP contribution in [-0.4, -0.2) is 11.7 Å². The maximum Gasteiger partial charge on any atom is 0.137 e. The van der Waals surface area contributed by atoms with Crippen LogP contribution in [0.15, 0.2) is 24.4 Å². The molecule has 0 aliphatic rings. The predicted octanol–water partition coefficient (Wildman–Crippen LogP) is 2.42. The van der Waals surface area contributed by atoms with E-state index in [0.29, 0.717) is 0 Å². The fraction of sp³-hybridized carbons (Fsp3) is 0.333. The second-order valence-corrected chi connectivity index (χ2v) is 3.55. The van der Waals surface area contributed by atoms with Gasteiger partial charge < -0.3 is 9.72 Å². The van der Waals surface area contributed by atoms with Crippen molar-refractivity contribution >= 4 is 10.9 Å². The number of aryl methyl sites for hydroxylation is 1. The number of rotatable bonds is 4. The molecule has 0 aliphatic carbocycles. The number of nitrogens with two attached hydrogens (primary N) is 1. The molecule has 1 heterocycles. The number of benzene rings is 1. The van der Waals surface area contributed by atoms with E-state index in [4.69, 9.17) is 10.5 Å². The zero-order chi connectivity index (χ0) is 10.7. The summed E-state index contributed by atoms with van der Waals surface area (Å²) in [5, 5.41) is 1.17. The minimum Gasteiger partial charge on any atom is -0.478 e. The van der Waals surface area contributed by atoms with Gasteiger partial charge in [-0.05, 0) is 24.1 Å². The molecule has 0 saturated carbocycles. The Kier molecular flexibility index (Phi) is 2.92. The summed E-state index contributed by atoms with van der Waals surface area (Å²) in [6.45, 7) is 2.39. The van der Waals surface area contributed by atoms with Gasteiger partial charge in [0.25, 0.3) is 0 Å². The Morgan fingerprint density at radius 3 is 3.00 bits per heavy atom. The van der Waals surface area contributed by atoms with Crippen molar-refractivity contribution in [1.82, 2.24) is 4.98 Å². The predicted molar refractivity (Wildman–Crippen MR) is 62.0 cm³/mol. The van der Waals surface area contributed by atoms with Crippen molar-refractivity contribution < 1.29 is 4.74 Å². The van der Waals surface area contributed by atoms with Crippen LogP contribution in [0.2, 0.25) is 0 Å². The lowest BCUT2D eigenvalue weighted by Gasteiger charge is -2.05. The molecule has 0 spiro atoms. The molecular formula is C12H16N2O. The molecule has 0 bridgehead atoms. The summed E-state index contributed by atoms with van der Waals surface area (Å²) in [5.74, 6) is 0.875. The maximum atomic E-state index is 5.42. The molecule has 0 aliphatic heterocycles. The molecule has 1 aromatic heterocycles. The molecule has 0 amide bonds. The third-order valence-corrected chi connectivity index (χ3v) is 2.51. The standard InChI is InChI=1S/C12H16N2O/c1-2-4-9-7-14-10-5-3-6-11(12(9)10)15-8-13/h3,5-7,14H,2,4,8,13H2,1H3. The molecule has 3 nitrogen and oxygen atoms in total. The molecule has 3 heteroatoms. The molecule has 15 heavy (non-hydrogen) atoms. The van der Waals surface area contributed by atoms with E-state index in [0.717, 1.165) is 24.1 Å². The Morgan fingerprint density at radius 1 is 1.40 bits per heavy atom. The average molecular weight is 204 g/mol. The van der Waals surface area contributed by atoms with Crippen molar-refractivity contribution in [3.8, 4) is 5.75 Å². The molecule has 1 aromatic carbocycles. The van der Waals surface area contributed by atoms with Gasteiger partial charge in [-0.15, -0.1) is 0 Å². The summed E-state index contributed by atoms with van der Waals surface area (Å²) in [5.41, 5.74) is 7.83. The second kappa shape index (κ2) is 4.36. The number of aromatic nitrogens is 1. The lowest BCUT2D eigenvalue weighted by Crippen LogP contribution is -2.07. The Hall–Kier alpha value is -1.48. The normalized spacial score (nSPS) is 10.8. The van der Waals surface area contributed by atoms with Crippen LogP contribution in [0, 0.1) is 0 Å². The van der Waals surface area contributed by atoms with Crippen LogP contribution in [0.4, 0.5) is 0 Å². The third kappa shape index (κ3) is 1.83. The molecule has 3 N–H and O–H groups in total. The summed E-state index contributed by atoms with van der Waals surface area (Å²) in [6.07, 6.45) is 4.24. The van der Waals surface area contributed by atoms with Gasteiger partial charge in [-0.1, -0.05) is 19.4 Å². The molecule has 80 valence electrons. The van der Waals surface area contributed by atoms with Gasteiger partial charge in [0.1, 0.15) is 12.5 Å². The van der Waals surface area contributed by atoms with Gasteiger partial charge >= 0.3 is 0 Å². The highest BCUT2D eigenvalue weighted by molar-refractivity contribution is 5.89. The van der Waals surface area contributed by atoms with Crippen LogP contribution in [-0.2, 0) is 6.42 Å². The number of ether oxygens (including phenoxy) is 1. The van der Waals surface area contributed by atoms with E-state index < -0.39 is 0 Å². The Bertz CT molecular complexity index is 448. The number of hydrogen-bond acceptors (Lipinski definition) is 2. The highest BCUT2D eigenvalue weighted by atomic mass is 16.5. The zero-order valence-corrected chi connectivity index (χ0v) is 8.92. The van der Waals surface area contributed by atoms with Crippen LogP contribution in [0.5, 0.6) is 5.75 Å². The van der Waals surface area contributed by atoms with E-state index in [2.05, 4.69) is 24.2 Å². The fourth-order valence-electron chi connectivity index (χ4n) is 1.90. The van der Waals surface area contributed by atoms with Gasteiger partial charge in [0.05, 0.1) is 0 Å². The zero-order valence-electron chi connectivity index (χ0n) is 8.92. The Balaban J connectivity index is 2.53. The lowest BCUT2D eigenvalue weighted by atomic mass is 10.1. The first-order chi connectivity index (χ1) is 7.36. The number of aromatic amines is 1. The van der Waals surface area contributed by atoms with E-state index in [1.807, 2.05) is 12.1 Å². The van der Waals surface area contributed by atoms with Gasteiger partial charge in [-0.25, -0.2) is 0 Å². The molecule has 0 atom stereocenters. The third-order valence-electron chi connectivity index (χ3n) is 2.51. The molecular weight excluding hydrogens is 188 g/mol. The van der Waals surface area contributed by atoms with Crippen LogP contribution in [0.1, 0.15) is 18.9 Å². The van der Waals surface area contributed by atoms with Crippen LogP contribution < -0.4 is 10.5 Å². The number of fused-ring (bicyclic) bond motifs is 1. The van der Waals surface area contributed by atoms with Gasteiger partial charge in [0, 0.05) is 17.1 Å². The first kappa shape index (κ1) is 10.1. The second-order valence-electron chi connectivity index (χ2n) is 3.55. The highest BCUT2D eigenvalue weighted by Gasteiger charge is 2.08. The van der Waals surface area contributed by atoms with E-state index >= 15 is 0 Å². The van der Waals surface area contributed by atoms with Gasteiger partial charge in [0.15, 0.2) is 0 Å². The van der Waals surface area contributed by atoms with E-state index in [1.165, 1.54) is 10.9 Å². The summed E-state index contributed by atoms with van der Waals surface area (Å²) in [6, 6.07) is 5.99. The summed E-state index contributed by atoms with van der Waals surface area (Å²) in [4.78, 5) is 3.25. The fourth-order valence-corrected chi connectivity index (χ4v) is 1.90. The molecule has 0 saturated heterocycles. The van der Waals surface area contributed by atoms with Crippen LogP contribution >= 0.6 is 0 Å². The first-order valence-electron chi connectivity index (χ1n) is 5.28. The van der Waals surface area contributed by atoms with Gasteiger partial charge in [-0.3, -0.25) is 5.73 Å². The number of hydrogen-bond donors (Lipinski definition) is 2. The topological polar surface area (TPSA) is 51.0 Å². The molecule has 0 unspecified atom stereocenters. The summed E-state index contributed by atoms with van der Waals surface area (Å²) in [7, 11) is 0. The SMILES string of the molecule is CCCc1c[nH]c2cccc(OCN)c12.